The Balaban J connectivity index is 1.33. The standard InChI is InChI=1S/C29H29BrN4O3/c1-21-6-5-7-24(18-21)31-26(35)19-33-20-34(25-8-3-2-4-9-25)29(28(33)37)14-16-32(17-15-29)27(36)22-10-12-23(30)13-11-22/h2-13,18H,14-17,19-20H2,1H3,(H,31,35). The van der Waals surface area contributed by atoms with Gasteiger partial charge in [-0.05, 0) is 73.9 Å². The Hall–Kier alpha value is -3.65. The van der Waals surface area contributed by atoms with Crippen LogP contribution in [0, 0.1) is 6.92 Å². The van der Waals surface area contributed by atoms with Crippen LogP contribution in [-0.4, -0.2) is 59.4 Å². The van der Waals surface area contributed by atoms with E-state index in [1.54, 1.807) is 4.90 Å². The summed E-state index contributed by atoms with van der Waals surface area (Å²) in [4.78, 5) is 45.4. The van der Waals surface area contributed by atoms with Crippen LogP contribution in [0.5, 0.6) is 0 Å². The summed E-state index contributed by atoms with van der Waals surface area (Å²) in [6.45, 7) is 3.19. The number of likely N-dealkylation sites (tertiary alicyclic amines) is 1. The average Bonchev–Trinajstić information content (AvgIpc) is 3.15. The van der Waals surface area contributed by atoms with Gasteiger partial charge in [-0.25, -0.2) is 0 Å². The second kappa shape index (κ2) is 10.4. The summed E-state index contributed by atoms with van der Waals surface area (Å²) < 4.78 is 0.920. The molecule has 2 aliphatic heterocycles. The van der Waals surface area contributed by atoms with Gasteiger partial charge in [0.2, 0.25) is 5.91 Å². The van der Waals surface area contributed by atoms with Gasteiger partial charge in [0.25, 0.3) is 11.8 Å². The number of aryl methyl sites for hydroxylation is 1. The molecule has 190 valence electrons. The van der Waals surface area contributed by atoms with Crippen LogP contribution < -0.4 is 10.2 Å². The lowest BCUT2D eigenvalue weighted by atomic mass is 9.85. The van der Waals surface area contributed by atoms with Gasteiger partial charge in [-0.15, -0.1) is 0 Å². The van der Waals surface area contributed by atoms with Crippen molar-refractivity contribution in [1.29, 1.82) is 0 Å². The van der Waals surface area contributed by atoms with Gasteiger partial charge in [0, 0.05) is 34.5 Å². The molecule has 0 unspecified atom stereocenters. The molecule has 2 fully saturated rings. The first-order valence-electron chi connectivity index (χ1n) is 12.4. The van der Waals surface area contributed by atoms with Crippen LogP contribution in [0.4, 0.5) is 11.4 Å². The van der Waals surface area contributed by atoms with Crippen LogP contribution in [0.15, 0.2) is 83.3 Å². The molecule has 2 aliphatic rings. The maximum atomic E-state index is 13.9. The Labute approximate surface area is 225 Å². The molecule has 7 nitrogen and oxygen atoms in total. The van der Waals surface area contributed by atoms with Crippen molar-refractivity contribution in [1.82, 2.24) is 9.80 Å². The molecule has 37 heavy (non-hydrogen) atoms. The number of para-hydroxylation sites is 1. The first kappa shape index (κ1) is 25.0. The first-order valence-corrected chi connectivity index (χ1v) is 13.2. The van der Waals surface area contributed by atoms with Crippen molar-refractivity contribution in [2.24, 2.45) is 0 Å². The second-order valence-corrected chi connectivity index (χ2v) is 10.6. The van der Waals surface area contributed by atoms with Crippen molar-refractivity contribution in [3.63, 3.8) is 0 Å². The largest absolute Gasteiger partial charge is 0.339 e. The maximum Gasteiger partial charge on any atom is 0.253 e. The summed E-state index contributed by atoms with van der Waals surface area (Å²) in [5.41, 5.74) is 2.54. The highest BCUT2D eigenvalue weighted by Crippen LogP contribution is 2.39. The highest BCUT2D eigenvalue weighted by Gasteiger charge is 2.54. The predicted octanol–water partition coefficient (Wildman–Crippen LogP) is 4.68. The highest BCUT2D eigenvalue weighted by molar-refractivity contribution is 9.10. The van der Waals surface area contributed by atoms with Gasteiger partial charge >= 0.3 is 0 Å². The van der Waals surface area contributed by atoms with E-state index in [2.05, 4.69) is 26.1 Å². The number of rotatable bonds is 5. The average molecular weight is 561 g/mol. The molecule has 1 N–H and O–H groups in total. The molecule has 1 spiro atoms. The Morgan fingerprint density at radius 1 is 0.946 bits per heavy atom. The van der Waals surface area contributed by atoms with Crippen molar-refractivity contribution in [3.8, 4) is 0 Å². The lowest BCUT2D eigenvalue weighted by Crippen LogP contribution is -2.57. The molecule has 0 bridgehead atoms. The predicted molar refractivity (Wildman–Crippen MR) is 147 cm³/mol. The van der Waals surface area contributed by atoms with Crippen LogP contribution in [0.2, 0.25) is 0 Å². The summed E-state index contributed by atoms with van der Waals surface area (Å²) in [5, 5.41) is 2.91. The third-order valence-corrected chi connectivity index (χ3v) is 7.72. The summed E-state index contributed by atoms with van der Waals surface area (Å²) in [5.74, 6) is -0.327. The monoisotopic (exact) mass is 560 g/mol. The molecule has 3 amide bonds. The van der Waals surface area contributed by atoms with Crippen molar-refractivity contribution in [2.75, 3.05) is 36.5 Å². The number of carbonyl (C=O) groups is 3. The van der Waals surface area contributed by atoms with Gasteiger partial charge in [0.1, 0.15) is 12.1 Å². The topological polar surface area (TPSA) is 73.0 Å². The zero-order chi connectivity index (χ0) is 26.0. The Morgan fingerprint density at radius 2 is 1.65 bits per heavy atom. The van der Waals surface area contributed by atoms with E-state index in [0.717, 1.165) is 15.7 Å². The second-order valence-electron chi connectivity index (χ2n) is 9.66. The van der Waals surface area contributed by atoms with Gasteiger partial charge in [0.05, 0.1) is 6.67 Å². The van der Waals surface area contributed by atoms with Gasteiger partial charge in [-0.3, -0.25) is 14.4 Å². The van der Waals surface area contributed by atoms with Crippen LogP contribution in [0.25, 0.3) is 0 Å². The third-order valence-electron chi connectivity index (χ3n) is 7.19. The minimum atomic E-state index is -0.790. The minimum absolute atomic E-state index is 0.0284. The lowest BCUT2D eigenvalue weighted by molar-refractivity contribution is -0.136. The van der Waals surface area contributed by atoms with E-state index >= 15 is 0 Å². The van der Waals surface area contributed by atoms with Crippen LogP contribution in [0.3, 0.4) is 0 Å². The molecule has 2 saturated heterocycles. The zero-order valence-corrected chi connectivity index (χ0v) is 22.3. The number of nitrogens with one attached hydrogen (secondary N) is 1. The summed E-state index contributed by atoms with van der Waals surface area (Å²) in [7, 11) is 0. The van der Waals surface area contributed by atoms with E-state index in [0.29, 0.717) is 43.9 Å². The number of nitrogens with zero attached hydrogens (tertiary/aromatic N) is 3. The van der Waals surface area contributed by atoms with Crippen molar-refractivity contribution < 1.29 is 14.4 Å². The van der Waals surface area contributed by atoms with Crippen molar-refractivity contribution >= 4 is 45.0 Å². The number of halogens is 1. The molecule has 0 aliphatic carbocycles. The number of anilines is 2. The molecule has 8 heteroatoms. The maximum absolute atomic E-state index is 13.9. The molecule has 0 atom stereocenters. The number of hydrogen-bond acceptors (Lipinski definition) is 4. The molecule has 3 aromatic rings. The summed E-state index contributed by atoms with van der Waals surface area (Å²) in [6.07, 6.45) is 0.998. The van der Waals surface area contributed by atoms with E-state index in [1.165, 1.54) is 0 Å². The molecule has 5 rings (SSSR count). The molecule has 3 aromatic carbocycles. The molecular weight excluding hydrogens is 532 g/mol. The molecule has 0 radical (unpaired) electrons. The van der Waals surface area contributed by atoms with Gasteiger partial charge < -0.3 is 20.0 Å². The van der Waals surface area contributed by atoms with E-state index in [4.69, 9.17) is 0 Å². The number of carbonyl (C=O) groups excluding carboxylic acids is 3. The number of benzene rings is 3. The highest BCUT2D eigenvalue weighted by atomic mass is 79.9. The van der Waals surface area contributed by atoms with Crippen LogP contribution in [0.1, 0.15) is 28.8 Å². The summed E-state index contributed by atoms with van der Waals surface area (Å²) >= 11 is 3.41. The van der Waals surface area contributed by atoms with Crippen molar-refractivity contribution in [3.05, 3.63) is 94.5 Å². The van der Waals surface area contributed by atoms with Crippen LogP contribution >= 0.6 is 15.9 Å². The Kier molecular flexibility index (Phi) is 7.02. The molecule has 0 aromatic heterocycles. The first-order chi connectivity index (χ1) is 17.9. The smallest absolute Gasteiger partial charge is 0.253 e. The fourth-order valence-corrected chi connectivity index (χ4v) is 5.54. The number of piperidine rings is 1. The normalized spacial score (nSPS) is 16.8. The molecular formula is C29H29BrN4O3. The number of amides is 3. The lowest BCUT2D eigenvalue weighted by Gasteiger charge is -2.43. The van der Waals surface area contributed by atoms with E-state index in [1.807, 2.05) is 90.7 Å². The van der Waals surface area contributed by atoms with Gasteiger partial charge in [-0.2, -0.15) is 0 Å². The minimum Gasteiger partial charge on any atom is -0.339 e. The fraction of sp³-hybridized carbons (Fsp3) is 0.276. The Bertz CT molecular complexity index is 1300. The van der Waals surface area contributed by atoms with E-state index < -0.39 is 5.54 Å². The molecule has 2 heterocycles. The SMILES string of the molecule is Cc1cccc(NC(=O)CN2CN(c3ccccc3)C3(CCN(C(=O)c4ccc(Br)cc4)CC3)C2=O)c1. The third kappa shape index (κ3) is 5.11. The van der Waals surface area contributed by atoms with Gasteiger partial charge in [0.15, 0.2) is 0 Å². The Morgan fingerprint density at radius 3 is 2.32 bits per heavy atom. The molecule has 0 saturated carbocycles. The quantitative estimate of drug-likeness (QED) is 0.492. The van der Waals surface area contributed by atoms with Crippen LogP contribution in [-0.2, 0) is 9.59 Å². The van der Waals surface area contributed by atoms with Gasteiger partial charge in [-0.1, -0.05) is 46.3 Å². The van der Waals surface area contributed by atoms with E-state index in [-0.39, 0.29) is 24.3 Å². The fourth-order valence-electron chi connectivity index (χ4n) is 5.27. The summed E-state index contributed by atoms with van der Waals surface area (Å²) in [6, 6.07) is 24.8. The van der Waals surface area contributed by atoms with Crippen molar-refractivity contribution in [2.45, 2.75) is 25.3 Å². The number of hydrogen-bond donors (Lipinski definition) is 1. The van der Waals surface area contributed by atoms with E-state index in [9.17, 15) is 14.4 Å². The zero-order valence-electron chi connectivity index (χ0n) is 20.7.